The first-order valence-corrected chi connectivity index (χ1v) is 14.4. The maximum Gasteiger partial charge on any atom is 0.343 e. The molecular formula is C34H38N2O5. The van der Waals surface area contributed by atoms with E-state index in [0.29, 0.717) is 41.6 Å². The van der Waals surface area contributed by atoms with E-state index in [4.69, 9.17) is 24.7 Å². The molecule has 0 saturated carbocycles. The van der Waals surface area contributed by atoms with Crippen LogP contribution in [-0.4, -0.2) is 19.2 Å². The Morgan fingerprint density at radius 1 is 0.829 bits per heavy atom. The average Bonchev–Trinajstić information content (AvgIpc) is 2.99. The van der Waals surface area contributed by atoms with Gasteiger partial charge in [-0.25, -0.2) is 4.79 Å². The van der Waals surface area contributed by atoms with E-state index in [-0.39, 0.29) is 5.88 Å². The van der Waals surface area contributed by atoms with Crippen molar-refractivity contribution >= 4 is 5.97 Å². The zero-order chi connectivity index (χ0) is 29.0. The minimum Gasteiger partial charge on any atom is -0.494 e. The summed E-state index contributed by atoms with van der Waals surface area (Å²) in [5.74, 6) is 1.35. The summed E-state index contributed by atoms with van der Waals surface area (Å²) in [6.45, 7) is 5.62. The number of nitriles is 1. The maximum absolute atomic E-state index is 12.8. The number of nitrogens with two attached hydrogens (primary N) is 1. The number of fused-ring (bicyclic) bond motifs is 1. The second kappa shape index (κ2) is 14.8. The third kappa shape index (κ3) is 7.82. The van der Waals surface area contributed by atoms with Crippen LogP contribution in [0.15, 0.2) is 78.2 Å². The van der Waals surface area contributed by atoms with Crippen LogP contribution in [0.1, 0.15) is 86.2 Å². The lowest BCUT2D eigenvalue weighted by molar-refractivity contribution is 0.0734. The van der Waals surface area contributed by atoms with E-state index in [2.05, 4.69) is 19.9 Å². The lowest BCUT2D eigenvalue weighted by atomic mass is 9.83. The number of carbonyl (C=O) groups excluding carboxylic acids is 1. The van der Waals surface area contributed by atoms with Gasteiger partial charge in [0.1, 0.15) is 34.6 Å². The van der Waals surface area contributed by atoms with Crippen LogP contribution in [0.25, 0.3) is 0 Å². The molecule has 2 N–H and O–H groups in total. The molecule has 0 saturated heterocycles. The summed E-state index contributed by atoms with van der Waals surface area (Å²) >= 11 is 0. The first-order valence-electron chi connectivity index (χ1n) is 14.4. The number of hydrogen-bond donors (Lipinski definition) is 1. The van der Waals surface area contributed by atoms with Crippen LogP contribution in [-0.2, 0) is 0 Å². The Kier molecular flexibility index (Phi) is 10.7. The molecule has 1 aliphatic rings. The molecule has 1 unspecified atom stereocenters. The summed E-state index contributed by atoms with van der Waals surface area (Å²) in [6, 6.07) is 21.9. The summed E-state index contributed by atoms with van der Waals surface area (Å²) in [7, 11) is 0. The van der Waals surface area contributed by atoms with Crippen molar-refractivity contribution in [2.75, 3.05) is 13.2 Å². The number of esters is 1. The Balaban J connectivity index is 1.45. The molecule has 0 fully saturated rings. The van der Waals surface area contributed by atoms with E-state index in [1.807, 2.05) is 24.3 Å². The Bertz CT molecular complexity index is 1370. The molecule has 7 nitrogen and oxygen atoms in total. The van der Waals surface area contributed by atoms with Crippen molar-refractivity contribution < 1.29 is 23.7 Å². The molecule has 41 heavy (non-hydrogen) atoms. The number of ether oxygens (including phenoxy) is 4. The highest BCUT2D eigenvalue weighted by atomic mass is 16.5. The molecule has 1 aliphatic heterocycles. The molecule has 0 aromatic heterocycles. The molecule has 0 aliphatic carbocycles. The fourth-order valence-electron chi connectivity index (χ4n) is 4.68. The molecule has 0 spiro atoms. The summed E-state index contributed by atoms with van der Waals surface area (Å²) in [5, 5.41) is 9.89. The van der Waals surface area contributed by atoms with Gasteiger partial charge in [-0.1, -0.05) is 64.2 Å². The first-order chi connectivity index (χ1) is 20.0. The second-order valence-corrected chi connectivity index (χ2v) is 10.1. The minimum absolute atomic E-state index is 0.0274. The minimum atomic E-state index is -0.500. The third-order valence-corrected chi connectivity index (χ3v) is 6.99. The van der Waals surface area contributed by atoms with Crippen molar-refractivity contribution in [3.05, 3.63) is 94.9 Å². The van der Waals surface area contributed by atoms with Crippen molar-refractivity contribution in [2.24, 2.45) is 5.73 Å². The fraction of sp³-hybridized carbons (Fsp3) is 0.353. The van der Waals surface area contributed by atoms with Gasteiger partial charge in [0.25, 0.3) is 0 Å². The van der Waals surface area contributed by atoms with Gasteiger partial charge in [-0.15, -0.1) is 0 Å². The second-order valence-electron chi connectivity index (χ2n) is 10.1. The van der Waals surface area contributed by atoms with E-state index < -0.39 is 11.9 Å². The van der Waals surface area contributed by atoms with E-state index >= 15 is 0 Å². The Morgan fingerprint density at radius 2 is 1.44 bits per heavy atom. The summed E-state index contributed by atoms with van der Waals surface area (Å²) in [5.41, 5.74) is 8.54. The van der Waals surface area contributed by atoms with Crippen LogP contribution in [0.2, 0.25) is 0 Å². The van der Waals surface area contributed by atoms with Crippen molar-refractivity contribution in [2.45, 2.75) is 64.7 Å². The van der Waals surface area contributed by atoms with Gasteiger partial charge in [0.2, 0.25) is 5.88 Å². The Morgan fingerprint density at radius 3 is 2.10 bits per heavy atom. The van der Waals surface area contributed by atoms with Gasteiger partial charge >= 0.3 is 5.97 Å². The highest BCUT2D eigenvalue weighted by Crippen LogP contribution is 2.43. The predicted octanol–water partition coefficient (Wildman–Crippen LogP) is 7.65. The number of carbonyl (C=O) groups is 1. The lowest BCUT2D eigenvalue weighted by Crippen LogP contribution is -2.21. The molecule has 0 amide bonds. The number of allylic oxidation sites excluding steroid dienone is 1. The smallest absolute Gasteiger partial charge is 0.343 e. The first kappa shape index (κ1) is 29.5. The molecule has 1 atom stereocenters. The third-order valence-electron chi connectivity index (χ3n) is 6.99. The van der Waals surface area contributed by atoms with Crippen molar-refractivity contribution in [1.29, 1.82) is 5.26 Å². The quantitative estimate of drug-likeness (QED) is 0.124. The fourth-order valence-corrected chi connectivity index (χ4v) is 4.68. The zero-order valence-corrected chi connectivity index (χ0v) is 23.9. The molecule has 7 heteroatoms. The van der Waals surface area contributed by atoms with E-state index in [0.717, 1.165) is 42.6 Å². The topological polar surface area (TPSA) is 104 Å². The van der Waals surface area contributed by atoms with Gasteiger partial charge < -0.3 is 24.7 Å². The van der Waals surface area contributed by atoms with Gasteiger partial charge in [-0.05, 0) is 60.9 Å². The van der Waals surface area contributed by atoms with Gasteiger partial charge in [-0.2, -0.15) is 5.26 Å². The molecule has 3 aromatic carbocycles. The van der Waals surface area contributed by atoms with Crippen LogP contribution >= 0.6 is 0 Å². The number of rotatable bonds is 14. The van der Waals surface area contributed by atoms with Gasteiger partial charge in [0.15, 0.2) is 0 Å². The molecule has 1 heterocycles. The standard InChI is InChI=1S/C34H38N2O5/c1-3-5-7-8-9-21-39-26-14-10-24(11-15-26)32-29-19-18-28(22-31(29)41-33(36)30(32)23-35)40-34(37)25-12-16-27(17-13-25)38-20-6-4-2/h10-19,22,32H,3-9,20-21,36H2,1-2H3. The van der Waals surface area contributed by atoms with Crippen molar-refractivity contribution in [1.82, 2.24) is 0 Å². The number of benzene rings is 3. The average molecular weight is 555 g/mol. The number of hydrogen-bond acceptors (Lipinski definition) is 7. The summed E-state index contributed by atoms with van der Waals surface area (Å²) < 4.78 is 23.0. The van der Waals surface area contributed by atoms with Crippen LogP contribution in [0.3, 0.4) is 0 Å². The van der Waals surface area contributed by atoms with Crippen molar-refractivity contribution in [3.63, 3.8) is 0 Å². The lowest BCUT2D eigenvalue weighted by Gasteiger charge is -2.26. The van der Waals surface area contributed by atoms with Crippen LogP contribution < -0.4 is 24.7 Å². The van der Waals surface area contributed by atoms with Gasteiger partial charge in [0.05, 0.1) is 24.7 Å². The molecule has 3 aromatic rings. The molecular weight excluding hydrogens is 516 g/mol. The van der Waals surface area contributed by atoms with Crippen LogP contribution in [0.5, 0.6) is 23.0 Å². The molecule has 214 valence electrons. The molecule has 0 bridgehead atoms. The monoisotopic (exact) mass is 554 g/mol. The SMILES string of the molecule is CCCCCCCOc1ccc(C2C(C#N)=C(N)Oc3cc(OC(=O)c4ccc(OCCCC)cc4)ccc32)cc1. The largest absolute Gasteiger partial charge is 0.494 e. The van der Waals surface area contributed by atoms with E-state index in [1.165, 1.54) is 19.3 Å². The highest BCUT2D eigenvalue weighted by Gasteiger charge is 2.31. The number of unbranched alkanes of at least 4 members (excludes halogenated alkanes) is 5. The van der Waals surface area contributed by atoms with Crippen molar-refractivity contribution in [3.8, 4) is 29.1 Å². The summed E-state index contributed by atoms with van der Waals surface area (Å²) in [6.07, 6.45) is 7.92. The Hall–Kier alpha value is -4.44. The normalized spacial score (nSPS) is 14.0. The molecule has 0 radical (unpaired) electrons. The zero-order valence-electron chi connectivity index (χ0n) is 23.9. The van der Waals surface area contributed by atoms with E-state index in [1.54, 1.807) is 42.5 Å². The Labute approximate surface area is 242 Å². The van der Waals surface area contributed by atoms with Gasteiger partial charge in [-0.3, -0.25) is 0 Å². The maximum atomic E-state index is 12.8. The predicted molar refractivity (Wildman–Crippen MR) is 158 cm³/mol. The molecule has 4 rings (SSSR count). The number of nitrogens with zero attached hydrogens (tertiary/aromatic N) is 1. The van der Waals surface area contributed by atoms with Crippen LogP contribution in [0.4, 0.5) is 0 Å². The highest BCUT2D eigenvalue weighted by molar-refractivity contribution is 5.91. The van der Waals surface area contributed by atoms with Gasteiger partial charge in [0, 0.05) is 11.6 Å². The summed E-state index contributed by atoms with van der Waals surface area (Å²) in [4.78, 5) is 12.8. The van der Waals surface area contributed by atoms with E-state index in [9.17, 15) is 10.1 Å². The van der Waals surface area contributed by atoms with Crippen LogP contribution in [0, 0.1) is 11.3 Å².